The van der Waals surface area contributed by atoms with Gasteiger partial charge in [0.15, 0.2) is 0 Å². The largest absolute Gasteiger partial charge is 0.507 e. The van der Waals surface area contributed by atoms with Gasteiger partial charge in [0.05, 0.1) is 0 Å². The molecular weight excluding hydrogens is 940 g/mol. The van der Waals surface area contributed by atoms with Gasteiger partial charge in [-0.05, 0) is 127 Å². The van der Waals surface area contributed by atoms with Crippen molar-refractivity contribution in [2.75, 3.05) is 6.54 Å². The number of aromatic nitrogens is 1. The SMILES string of the molecule is C=C=C=C=C=C=C=CC1(CCCCCCCC)c2cc(C)ccc2-c2ccc(C)cc21.CCCCCCN=Cc1cc(C)cc(C)c1O.Fc1c[c-]c(-c2ccccn2)cc1.[HH].[HH].[HH].[HH].[HH].[HH].[HH].[HH].[Ir]. The second kappa shape index (κ2) is 27.4. The Labute approximate surface area is 396 Å². The van der Waals surface area contributed by atoms with Crippen LogP contribution in [0.15, 0.2) is 143 Å². The molecule has 1 heterocycles. The van der Waals surface area contributed by atoms with Gasteiger partial charge >= 0.3 is 0 Å². The van der Waals surface area contributed by atoms with Crippen molar-refractivity contribution in [3.8, 4) is 28.1 Å². The second-order valence-corrected chi connectivity index (χ2v) is 15.8. The van der Waals surface area contributed by atoms with Crippen LogP contribution in [-0.4, -0.2) is 22.8 Å². The number of halogens is 1. The fraction of sp³-hybridized carbons (Fsp3) is 0.333. The molecule has 1 aliphatic carbocycles. The summed E-state index contributed by atoms with van der Waals surface area (Å²) in [4.78, 5) is 8.50. The van der Waals surface area contributed by atoms with Gasteiger partial charge < -0.3 is 10.1 Å². The van der Waals surface area contributed by atoms with Crippen LogP contribution < -0.4 is 0 Å². The van der Waals surface area contributed by atoms with Gasteiger partial charge in [0.25, 0.3) is 0 Å². The second-order valence-electron chi connectivity index (χ2n) is 15.8. The number of phenols is 1. The summed E-state index contributed by atoms with van der Waals surface area (Å²) in [6.07, 6.45) is 19.4. The third-order valence-electron chi connectivity index (χ3n) is 10.8. The van der Waals surface area contributed by atoms with E-state index < -0.39 is 0 Å². The average molecular weight is 1020 g/mol. The van der Waals surface area contributed by atoms with Gasteiger partial charge in [-0.25, -0.2) is 0 Å². The van der Waals surface area contributed by atoms with Gasteiger partial charge in [-0.1, -0.05) is 149 Å². The Balaban J connectivity index is -0.000000226. The maximum absolute atomic E-state index is 12.6. The molecule has 0 unspecified atom stereocenters. The molecule has 0 atom stereocenters. The Morgan fingerprint density at radius 3 is 2.02 bits per heavy atom. The number of unbranched alkanes of at least 4 members (excludes halogenated alkanes) is 8. The fourth-order valence-electron chi connectivity index (χ4n) is 7.62. The summed E-state index contributed by atoms with van der Waals surface area (Å²) in [7, 11) is 0. The van der Waals surface area contributed by atoms with Gasteiger partial charge in [-0.2, -0.15) is 0 Å². The normalized spacial score (nSPS) is 11.3. The van der Waals surface area contributed by atoms with Gasteiger partial charge in [0.2, 0.25) is 0 Å². The predicted octanol–water partition coefficient (Wildman–Crippen LogP) is 17.1. The first-order chi connectivity index (χ1) is 29.6. The van der Waals surface area contributed by atoms with E-state index in [1.165, 1.54) is 103 Å². The van der Waals surface area contributed by atoms with Crippen LogP contribution in [0.4, 0.5) is 4.39 Å². The molecule has 0 bridgehead atoms. The number of benzene rings is 4. The molecule has 4 aromatic carbocycles. The number of aliphatic imine (C=N–C) groups is 1. The molecule has 1 radical (unpaired) electrons. The molecule has 0 amide bonds. The zero-order valence-electron chi connectivity index (χ0n) is 37.6. The summed E-state index contributed by atoms with van der Waals surface area (Å²) in [5, 5.41) is 9.87. The van der Waals surface area contributed by atoms with E-state index in [0.29, 0.717) is 5.75 Å². The Morgan fingerprint density at radius 2 is 1.40 bits per heavy atom. The van der Waals surface area contributed by atoms with Crippen molar-refractivity contribution in [1.29, 1.82) is 0 Å². The van der Waals surface area contributed by atoms with Crippen LogP contribution in [0.2, 0.25) is 0 Å². The summed E-state index contributed by atoms with van der Waals surface area (Å²) in [5.41, 5.74) is 29.4. The molecule has 62 heavy (non-hydrogen) atoms. The molecule has 0 aliphatic heterocycles. The third kappa shape index (κ3) is 15.4. The van der Waals surface area contributed by atoms with E-state index in [1.54, 1.807) is 18.5 Å². The summed E-state index contributed by atoms with van der Waals surface area (Å²) in [6, 6.07) is 30.5. The molecule has 0 saturated carbocycles. The van der Waals surface area contributed by atoms with E-state index >= 15 is 0 Å². The smallest absolute Gasteiger partial charge is 0.127 e. The maximum Gasteiger partial charge on any atom is 0.127 e. The maximum atomic E-state index is 12.6. The van der Waals surface area contributed by atoms with Crippen LogP contribution in [0.1, 0.15) is 135 Å². The first-order valence-electron chi connectivity index (χ1n) is 21.9. The van der Waals surface area contributed by atoms with E-state index in [0.717, 1.165) is 47.3 Å². The molecule has 6 rings (SSSR count). The number of fused-ring (bicyclic) bond motifs is 3. The molecule has 0 fully saturated rings. The molecule has 5 aromatic rings. The third-order valence-corrected chi connectivity index (χ3v) is 10.8. The van der Waals surface area contributed by atoms with Gasteiger partial charge in [-0.3, -0.25) is 9.38 Å². The van der Waals surface area contributed by atoms with E-state index in [-0.39, 0.29) is 42.8 Å². The van der Waals surface area contributed by atoms with Crippen LogP contribution in [0.3, 0.4) is 0 Å². The zero-order chi connectivity index (χ0) is 43.9. The van der Waals surface area contributed by atoms with Crippen molar-refractivity contribution < 1.29 is 41.0 Å². The first-order valence-corrected chi connectivity index (χ1v) is 21.9. The molecule has 3 nitrogen and oxygen atoms in total. The van der Waals surface area contributed by atoms with Crippen molar-refractivity contribution in [3.05, 3.63) is 189 Å². The van der Waals surface area contributed by atoms with Crippen molar-refractivity contribution in [1.82, 2.24) is 4.98 Å². The topological polar surface area (TPSA) is 45.5 Å². The number of rotatable bonds is 15. The van der Waals surface area contributed by atoms with Crippen LogP contribution in [0, 0.1) is 39.6 Å². The number of hydrogen-bond donors (Lipinski definition) is 1. The molecule has 0 spiro atoms. The number of nitrogens with zero attached hydrogens (tertiary/aromatic N) is 2. The molecular formula is C57H78FIrN2O-. The van der Waals surface area contributed by atoms with Crippen LogP contribution in [0.25, 0.3) is 22.4 Å². The van der Waals surface area contributed by atoms with Crippen LogP contribution >= 0.6 is 0 Å². The minimum absolute atomic E-state index is 0. The summed E-state index contributed by atoms with van der Waals surface area (Å²) < 4.78 is 12.6. The number of aromatic hydroxyl groups is 1. The fourth-order valence-corrected chi connectivity index (χ4v) is 7.62. The van der Waals surface area contributed by atoms with Gasteiger partial charge in [0.1, 0.15) is 5.75 Å². The van der Waals surface area contributed by atoms with Gasteiger partial charge in [0, 0.05) is 67.3 Å². The van der Waals surface area contributed by atoms with Crippen molar-refractivity contribution in [2.45, 2.75) is 118 Å². The standard InChI is InChI=1S/C31H32.C15H23NO.C11H7FN.Ir.8H2/c1-5-7-9-11-13-15-21-31(22-16-14-12-10-8-6-2)29-23-25(3)17-19-27(29)28-20-18-26(4)24-30(28)31;1-4-5-6-7-8-16-11-14-10-12(2)9-13(3)15(14)17;12-10-6-4-9(5-7-10)11-3-1-2-8-13-11;;;;;;;;;/h17-21,23-24H,1,6,8,10,12,14,16,22H2,2-4H3;9-11,17H,4-8H2,1-3H3;1-4,6-8H;;8*1H/q;;-1;;;;;;;;;. The average Bonchev–Trinajstić information content (AvgIpc) is 3.51. The number of aryl methyl sites for hydroxylation is 4. The van der Waals surface area contributed by atoms with Crippen molar-refractivity contribution in [2.24, 2.45) is 4.99 Å². The molecule has 1 N–H and O–H groups in total. The summed E-state index contributed by atoms with van der Waals surface area (Å²) >= 11 is 0. The Morgan fingerprint density at radius 1 is 0.758 bits per heavy atom. The Bertz CT molecular complexity index is 2430. The summed E-state index contributed by atoms with van der Waals surface area (Å²) in [6.45, 7) is 17.1. The quantitative estimate of drug-likeness (QED) is 0.0492. The predicted molar refractivity (Wildman–Crippen MR) is 271 cm³/mol. The monoisotopic (exact) mass is 1020 g/mol. The molecule has 0 saturated heterocycles. The van der Waals surface area contributed by atoms with E-state index in [9.17, 15) is 9.50 Å². The number of pyridine rings is 1. The van der Waals surface area contributed by atoms with E-state index in [1.807, 2.05) is 44.2 Å². The van der Waals surface area contributed by atoms with E-state index in [2.05, 4.69) is 127 Å². The van der Waals surface area contributed by atoms with Crippen LogP contribution in [0.5, 0.6) is 5.75 Å². The molecule has 339 valence electrons. The minimum Gasteiger partial charge on any atom is -0.507 e. The Kier molecular flexibility index (Phi) is 22.5. The molecule has 1 aromatic heterocycles. The number of phenolic OH excluding ortho intramolecular Hbond substituents is 1. The first kappa shape index (κ1) is 50.9. The number of allylic oxidation sites excluding steroid dienone is 1. The van der Waals surface area contributed by atoms with Crippen molar-refractivity contribution >= 4 is 6.21 Å². The number of hydrogen-bond acceptors (Lipinski definition) is 3. The zero-order valence-corrected chi connectivity index (χ0v) is 40.0. The molecule has 1 aliphatic rings. The van der Waals surface area contributed by atoms with Crippen molar-refractivity contribution in [3.63, 3.8) is 0 Å². The van der Waals surface area contributed by atoms with Gasteiger partial charge in [-0.15, -0.1) is 29.8 Å². The molecule has 5 heteroatoms. The Hall–Kier alpha value is -5.50. The van der Waals surface area contributed by atoms with E-state index in [4.69, 9.17) is 0 Å². The van der Waals surface area contributed by atoms with Crippen LogP contribution in [-0.2, 0) is 25.5 Å². The minimum atomic E-state index is -0.278. The summed E-state index contributed by atoms with van der Waals surface area (Å²) in [5.74, 6) is 0.0765.